The van der Waals surface area contributed by atoms with Crippen molar-refractivity contribution in [3.63, 3.8) is 0 Å². The molecule has 1 unspecified atom stereocenters. The molecule has 6 aromatic rings. The van der Waals surface area contributed by atoms with Gasteiger partial charge in [0.05, 0.1) is 6.16 Å². The summed E-state index contributed by atoms with van der Waals surface area (Å²) in [6.07, 6.45) is -0.301. The van der Waals surface area contributed by atoms with Gasteiger partial charge in [-0.2, -0.15) is 9.36 Å². The number of hydrogen-bond acceptors (Lipinski definition) is 11. The number of hydrogen-bond donors (Lipinski definition) is 2. The third-order valence-corrected chi connectivity index (χ3v) is 16.3. The van der Waals surface area contributed by atoms with Gasteiger partial charge >= 0.3 is 5.97 Å². The van der Waals surface area contributed by atoms with Crippen LogP contribution in [0.3, 0.4) is 0 Å². The fourth-order valence-corrected chi connectivity index (χ4v) is 13.7. The number of β-lactam (4-membered cyclic amide) rings is 1. The molecule has 58 heavy (non-hydrogen) atoms. The number of nitrogens with zero attached hydrogens (tertiary/aromatic N) is 4. The molecule has 8 rings (SSSR count). The lowest BCUT2D eigenvalue weighted by Crippen LogP contribution is -2.71. The molecule has 1 aromatic heterocycles. The first-order chi connectivity index (χ1) is 28.4. The van der Waals surface area contributed by atoms with Crippen LogP contribution >= 0.6 is 30.6 Å². The number of amides is 2. The molecular weight excluding hydrogens is 788 g/mol. The van der Waals surface area contributed by atoms with Gasteiger partial charge in [-0.1, -0.05) is 120 Å². The van der Waals surface area contributed by atoms with Crippen molar-refractivity contribution < 1.29 is 24.0 Å². The fraction of sp³-hybridized carbons (Fsp3) is 0.136. The lowest BCUT2D eigenvalue weighted by molar-refractivity contribution is -0.154. The van der Waals surface area contributed by atoms with Gasteiger partial charge in [-0.3, -0.25) is 14.5 Å². The largest absolute Gasteiger partial charge is 0.448 e. The van der Waals surface area contributed by atoms with E-state index in [0.29, 0.717) is 11.9 Å². The Morgan fingerprint density at radius 3 is 1.79 bits per heavy atom. The van der Waals surface area contributed by atoms with Crippen LogP contribution < -0.4 is 27.0 Å². The SMILES string of the molecule is CON=C(C(=O)NC1C(=O)N2C(C(=O)OC(c3ccccc3)c3ccccc3)=C(C[P+](c3ccccc3)(c3ccccc3)c3ccccc3)CS[C@H]12)c1nsc(N)n1. The zero-order chi connectivity index (χ0) is 40.1. The van der Waals surface area contributed by atoms with Crippen LogP contribution in [0.5, 0.6) is 0 Å². The molecule has 1 saturated heterocycles. The average molecular weight is 826 g/mol. The summed E-state index contributed by atoms with van der Waals surface area (Å²) < 4.78 is 10.6. The number of carbonyl (C=O) groups excluding carboxylic acids is 3. The Morgan fingerprint density at radius 2 is 1.33 bits per heavy atom. The van der Waals surface area contributed by atoms with Gasteiger partial charge in [-0.15, -0.1) is 11.8 Å². The van der Waals surface area contributed by atoms with Gasteiger partial charge in [0.15, 0.2) is 11.2 Å². The zero-order valence-corrected chi connectivity index (χ0v) is 33.8. The first-order valence-corrected chi connectivity index (χ1v) is 22.2. The summed E-state index contributed by atoms with van der Waals surface area (Å²) in [6, 6.07) is 49.2. The number of nitrogens with two attached hydrogens (primary N) is 1. The van der Waals surface area contributed by atoms with Crippen LogP contribution in [-0.4, -0.2) is 68.2 Å². The molecule has 0 spiro atoms. The number of ether oxygens (including phenoxy) is 1. The Kier molecular flexibility index (Phi) is 11.5. The van der Waals surface area contributed by atoms with E-state index in [0.717, 1.165) is 44.1 Å². The molecule has 3 N–H and O–H groups in total. The quantitative estimate of drug-likeness (QED) is 0.0510. The van der Waals surface area contributed by atoms with Gasteiger partial charge in [-0.05, 0) is 47.5 Å². The standard InChI is InChI=1S/C44H37N6O5PS2/c1-54-48-35(39-47-44(45)58-49-39)40(51)46-36-41(52)50-37(43(53)55-38(29-17-7-2-8-18-29)30-19-9-3-10-20-30)31(28-57-42(36)50)27-56(32-21-11-4-12-22-32,33-23-13-5-14-24-33)34-25-15-6-16-26-34/h2-26,36,38,42H,27-28H2,1H3,(H2-,45,46,47,49,51)/p+1/t36?,42-/m1/s1. The molecule has 2 aliphatic heterocycles. The number of anilines is 1. The fourth-order valence-electron chi connectivity index (χ4n) is 7.41. The number of fused-ring (bicyclic) bond motifs is 1. The summed E-state index contributed by atoms with van der Waals surface area (Å²) in [5.41, 5.74) is 8.09. The molecule has 0 saturated carbocycles. The van der Waals surface area contributed by atoms with E-state index in [4.69, 9.17) is 15.3 Å². The predicted octanol–water partition coefficient (Wildman–Crippen LogP) is 5.45. The van der Waals surface area contributed by atoms with Gasteiger partial charge in [0.25, 0.3) is 11.8 Å². The summed E-state index contributed by atoms with van der Waals surface area (Å²) >= 11 is 2.39. The van der Waals surface area contributed by atoms with Gasteiger partial charge < -0.3 is 20.6 Å². The number of rotatable bonds is 13. The van der Waals surface area contributed by atoms with Crippen LogP contribution in [0.25, 0.3) is 0 Å². The van der Waals surface area contributed by atoms with Crippen LogP contribution in [-0.2, 0) is 24.0 Å². The molecule has 0 bridgehead atoms. The molecule has 2 atom stereocenters. The van der Waals surface area contributed by atoms with Gasteiger partial charge in [-0.25, -0.2) is 4.79 Å². The Morgan fingerprint density at radius 1 is 0.828 bits per heavy atom. The number of oxime groups is 1. The maximum Gasteiger partial charge on any atom is 0.356 e. The van der Waals surface area contributed by atoms with Crippen LogP contribution in [0.4, 0.5) is 5.13 Å². The number of benzene rings is 5. The topological polar surface area (TPSA) is 149 Å². The first kappa shape index (κ1) is 38.7. The summed E-state index contributed by atoms with van der Waals surface area (Å²) in [7, 11) is -1.23. The second kappa shape index (κ2) is 17.2. The molecule has 2 amide bonds. The van der Waals surface area contributed by atoms with E-state index >= 15 is 4.79 Å². The van der Waals surface area contributed by atoms with Gasteiger partial charge in [0.2, 0.25) is 11.5 Å². The van der Waals surface area contributed by atoms with Crippen molar-refractivity contribution in [2.24, 2.45) is 5.16 Å². The van der Waals surface area contributed by atoms with E-state index in [1.807, 2.05) is 115 Å². The predicted molar refractivity (Wildman–Crippen MR) is 231 cm³/mol. The minimum atomic E-state index is -2.52. The average Bonchev–Trinajstić information content (AvgIpc) is 3.72. The number of nitrogen functional groups attached to an aromatic ring is 1. The van der Waals surface area contributed by atoms with Crippen LogP contribution in [0.2, 0.25) is 0 Å². The Balaban J connectivity index is 1.24. The molecule has 1 fully saturated rings. The molecule has 290 valence electrons. The van der Waals surface area contributed by atoms with Crippen molar-refractivity contribution >= 4 is 75.1 Å². The van der Waals surface area contributed by atoms with E-state index < -0.39 is 42.6 Å². The minimum Gasteiger partial charge on any atom is -0.448 e. The molecule has 5 aromatic carbocycles. The number of esters is 1. The van der Waals surface area contributed by atoms with Crippen molar-refractivity contribution in [3.8, 4) is 0 Å². The highest BCUT2D eigenvalue weighted by atomic mass is 32.2. The van der Waals surface area contributed by atoms with Crippen LogP contribution in [0.15, 0.2) is 168 Å². The number of aromatic nitrogens is 2. The zero-order valence-electron chi connectivity index (χ0n) is 31.3. The Bertz CT molecular complexity index is 2340. The first-order valence-electron chi connectivity index (χ1n) is 18.4. The minimum absolute atomic E-state index is 0.0240. The maximum absolute atomic E-state index is 15.1. The van der Waals surface area contributed by atoms with Crippen LogP contribution in [0.1, 0.15) is 23.1 Å². The lowest BCUT2D eigenvalue weighted by Gasteiger charge is -2.50. The molecule has 3 heterocycles. The van der Waals surface area contributed by atoms with Gasteiger partial charge in [0, 0.05) is 22.9 Å². The summed E-state index contributed by atoms with van der Waals surface area (Å²) in [5, 5.41) is 9.56. The highest BCUT2D eigenvalue weighted by Gasteiger charge is 2.57. The second-order valence-corrected chi connectivity index (χ2v) is 18.8. The van der Waals surface area contributed by atoms with E-state index in [1.54, 1.807) is 0 Å². The summed E-state index contributed by atoms with van der Waals surface area (Å²) in [5.74, 6) is -1.44. The van der Waals surface area contributed by atoms with E-state index in [9.17, 15) is 9.59 Å². The Labute approximate surface area is 344 Å². The lowest BCUT2D eigenvalue weighted by atomic mass is 10.0. The molecular formula is C44H38N6O5PS2+. The van der Waals surface area contributed by atoms with Crippen LogP contribution in [0, 0.1) is 0 Å². The number of carbonyl (C=O) groups is 3. The highest BCUT2D eigenvalue weighted by Crippen LogP contribution is 2.58. The molecule has 0 aliphatic carbocycles. The van der Waals surface area contributed by atoms with Crippen molar-refractivity contribution in [2.45, 2.75) is 17.5 Å². The van der Waals surface area contributed by atoms with Gasteiger partial charge in [0.1, 0.15) is 47.4 Å². The van der Waals surface area contributed by atoms with E-state index in [1.165, 1.54) is 23.8 Å². The maximum atomic E-state index is 15.1. The molecule has 14 heteroatoms. The molecule has 2 aliphatic rings. The highest BCUT2D eigenvalue weighted by molar-refractivity contribution is 8.00. The molecule has 0 radical (unpaired) electrons. The normalized spacial score (nSPS) is 16.7. The number of nitrogens with one attached hydrogen (secondary N) is 1. The van der Waals surface area contributed by atoms with E-state index in [-0.39, 0.29) is 22.4 Å². The van der Waals surface area contributed by atoms with Crippen molar-refractivity contribution in [3.05, 3.63) is 180 Å². The van der Waals surface area contributed by atoms with Crippen molar-refractivity contribution in [2.75, 3.05) is 24.8 Å². The number of thioether (sulfide) groups is 1. The Hall–Kier alpha value is -6.14. The monoisotopic (exact) mass is 825 g/mol. The smallest absolute Gasteiger partial charge is 0.356 e. The summed E-state index contributed by atoms with van der Waals surface area (Å²) in [4.78, 5) is 53.7. The van der Waals surface area contributed by atoms with Crippen molar-refractivity contribution in [1.29, 1.82) is 0 Å². The second-order valence-electron chi connectivity index (χ2n) is 13.5. The third-order valence-electron chi connectivity index (χ3n) is 10.0. The molecule has 11 nitrogen and oxygen atoms in total. The summed E-state index contributed by atoms with van der Waals surface area (Å²) in [6.45, 7) is 0. The van der Waals surface area contributed by atoms with Crippen molar-refractivity contribution in [1.82, 2.24) is 19.6 Å². The van der Waals surface area contributed by atoms with E-state index in [2.05, 4.69) is 56.2 Å². The third kappa shape index (κ3) is 7.51.